The fourth-order valence-electron chi connectivity index (χ4n) is 1.76. The van der Waals surface area contributed by atoms with E-state index < -0.39 is 10.0 Å². The van der Waals surface area contributed by atoms with Crippen molar-refractivity contribution >= 4 is 15.7 Å². The molecule has 0 aliphatic carbocycles. The maximum absolute atomic E-state index is 12.1. The molecule has 0 bridgehead atoms. The zero-order valence-electron chi connectivity index (χ0n) is 11.7. The smallest absolute Gasteiger partial charge is 0.217 e. The lowest BCUT2D eigenvalue weighted by Gasteiger charge is -2.16. The average molecular weight is 310 g/mol. The van der Waals surface area contributed by atoms with Crippen molar-refractivity contribution in [3.8, 4) is 5.75 Å². The molecule has 2 aromatic rings. The molecule has 1 aromatic carbocycles. The highest BCUT2D eigenvalue weighted by atomic mass is 32.2. The molecule has 0 spiro atoms. The van der Waals surface area contributed by atoms with Crippen molar-refractivity contribution < 1.29 is 17.6 Å². The summed E-state index contributed by atoms with van der Waals surface area (Å²) in [6.45, 7) is 0.346. The summed E-state index contributed by atoms with van der Waals surface area (Å²) in [6.07, 6.45) is 3.04. The lowest BCUT2D eigenvalue weighted by molar-refractivity contribution is 0.336. The van der Waals surface area contributed by atoms with E-state index in [0.717, 1.165) is 5.56 Å². The summed E-state index contributed by atoms with van der Waals surface area (Å²) >= 11 is 0. The molecular formula is C14H18N2O4S. The normalized spacial score (nSPS) is 11.7. The number of hydrogen-bond donors (Lipinski definition) is 1. The number of nitrogens with zero attached hydrogens (tertiary/aromatic N) is 1. The Kier molecular flexibility index (Phi) is 4.87. The monoisotopic (exact) mass is 310 g/mol. The molecule has 0 amide bonds. The first-order chi connectivity index (χ1) is 9.97. The summed E-state index contributed by atoms with van der Waals surface area (Å²) in [6, 6.07) is 8.61. The molecule has 0 fully saturated rings. The Hall–Kier alpha value is -1.99. The molecule has 0 atom stereocenters. The molecule has 0 aliphatic rings. The highest BCUT2D eigenvalue weighted by molar-refractivity contribution is 7.89. The van der Waals surface area contributed by atoms with Gasteiger partial charge in [-0.15, -0.1) is 0 Å². The second kappa shape index (κ2) is 6.64. The Morgan fingerprint density at radius 3 is 2.81 bits per heavy atom. The van der Waals surface area contributed by atoms with Crippen molar-refractivity contribution in [3.63, 3.8) is 0 Å². The van der Waals surface area contributed by atoms with E-state index in [1.807, 2.05) is 0 Å². The number of nitrogens with two attached hydrogens (primary N) is 1. The molecule has 7 heteroatoms. The number of sulfonamides is 1. The van der Waals surface area contributed by atoms with Gasteiger partial charge in [0.1, 0.15) is 12.4 Å². The van der Waals surface area contributed by atoms with Crippen LogP contribution in [0.25, 0.3) is 0 Å². The van der Waals surface area contributed by atoms with Crippen molar-refractivity contribution in [2.45, 2.75) is 6.54 Å². The predicted octanol–water partition coefficient (Wildman–Crippen LogP) is 1.70. The molecule has 2 N–H and O–H groups in total. The fourth-order valence-corrected chi connectivity index (χ4v) is 2.71. The summed E-state index contributed by atoms with van der Waals surface area (Å²) < 4.78 is 35.8. The van der Waals surface area contributed by atoms with Crippen LogP contribution in [-0.2, 0) is 16.6 Å². The van der Waals surface area contributed by atoms with E-state index in [1.54, 1.807) is 30.3 Å². The first kappa shape index (κ1) is 15.4. The Morgan fingerprint density at radius 2 is 2.14 bits per heavy atom. The molecule has 2 rings (SSSR count). The Morgan fingerprint density at radius 1 is 1.33 bits per heavy atom. The molecular weight excluding hydrogens is 292 g/mol. The van der Waals surface area contributed by atoms with Gasteiger partial charge in [-0.05, 0) is 18.2 Å². The first-order valence-electron chi connectivity index (χ1n) is 6.41. The van der Waals surface area contributed by atoms with Gasteiger partial charge in [0, 0.05) is 30.9 Å². The summed E-state index contributed by atoms with van der Waals surface area (Å²) in [4.78, 5) is 0. The first-order valence-corrected chi connectivity index (χ1v) is 8.02. The van der Waals surface area contributed by atoms with Gasteiger partial charge in [-0.3, -0.25) is 0 Å². The minimum absolute atomic E-state index is 0.0709. The van der Waals surface area contributed by atoms with Crippen molar-refractivity contribution in [1.29, 1.82) is 0 Å². The van der Waals surface area contributed by atoms with Crippen LogP contribution < -0.4 is 10.5 Å². The van der Waals surface area contributed by atoms with Crippen LogP contribution in [0.5, 0.6) is 5.75 Å². The van der Waals surface area contributed by atoms with Crippen LogP contribution in [0.1, 0.15) is 5.56 Å². The van der Waals surface area contributed by atoms with Gasteiger partial charge in [0.2, 0.25) is 10.0 Å². The zero-order chi connectivity index (χ0) is 15.3. The van der Waals surface area contributed by atoms with Gasteiger partial charge in [-0.2, -0.15) is 0 Å². The van der Waals surface area contributed by atoms with Crippen LogP contribution >= 0.6 is 0 Å². The van der Waals surface area contributed by atoms with Crippen molar-refractivity contribution in [2.24, 2.45) is 0 Å². The summed E-state index contributed by atoms with van der Waals surface area (Å²) in [5.41, 5.74) is 7.00. The van der Waals surface area contributed by atoms with Gasteiger partial charge in [-0.1, -0.05) is 6.07 Å². The maximum Gasteiger partial charge on any atom is 0.217 e. The Balaban J connectivity index is 1.86. The number of benzene rings is 1. The number of rotatable bonds is 7. The van der Waals surface area contributed by atoms with E-state index >= 15 is 0 Å². The molecule has 0 radical (unpaired) electrons. The van der Waals surface area contributed by atoms with E-state index in [1.165, 1.54) is 23.9 Å². The van der Waals surface area contributed by atoms with Crippen LogP contribution in [0.4, 0.5) is 5.69 Å². The lowest BCUT2D eigenvalue weighted by atomic mass is 10.3. The number of nitrogen functional groups attached to an aromatic ring is 1. The van der Waals surface area contributed by atoms with Gasteiger partial charge in [0.15, 0.2) is 0 Å². The molecule has 0 saturated carbocycles. The van der Waals surface area contributed by atoms with Gasteiger partial charge in [0.05, 0.1) is 18.3 Å². The largest absolute Gasteiger partial charge is 0.492 e. The average Bonchev–Trinajstić information content (AvgIpc) is 2.91. The Labute approximate surface area is 124 Å². The molecule has 6 nitrogen and oxygen atoms in total. The van der Waals surface area contributed by atoms with Crippen molar-refractivity contribution in [3.05, 3.63) is 48.4 Å². The standard InChI is InChI=1S/C14H18N2O4S/c1-16(10-12-5-6-19-11-12)21(17,18)8-7-20-14-4-2-3-13(15)9-14/h2-6,9,11H,7-8,10,15H2,1H3. The highest BCUT2D eigenvalue weighted by Crippen LogP contribution is 2.15. The molecule has 1 aromatic heterocycles. The zero-order valence-corrected chi connectivity index (χ0v) is 12.5. The minimum Gasteiger partial charge on any atom is -0.492 e. The topological polar surface area (TPSA) is 85.8 Å². The van der Waals surface area contributed by atoms with Crippen LogP contribution in [-0.4, -0.2) is 32.1 Å². The third kappa shape index (κ3) is 4.51. The quantitative estimate of drug-likeness (QED) is 0.787. The van der Waals surface area contributed by atoms with Crippen LogP contribution in [0.2, 0.25) is 0 Å². The van der Waals surface area contributed by atoms with Crippen LogP contribution in [0.3, 0.4) is 0 Å². The minimum atomic E-state index is -3.38. The summed E-state index contributed by atoms with van der Waals surface area (Å²) in [5.74, 6) is 0.457. The van der Waals surface area contributed by atoms with E-state index in [0.29, 0.717) is 11.4 Å². The summed E-state index contributed by atoms with van der Waals surface area (Å²) in [5, 5.41) is 0. The second-order valence-electron chi connectivity index (χ2n) is 4.62. The molecule has 0 unspecified atom stereocenters. The second-order valence-corrected chi connectivity index (χ2v) is 6.82. The highest BCUT2D eigenvalue weighted by Gasteiger charge is 2.18. The van der Waals surface area contributed by atoms with Gasteiger partial charge in [-0.25, -0.2) is 12.7 Å². The van der Waals surface area contributed by atoms with Crippen LogP contribution in [0.15, 0.2) is 47.3 Å². The lowest BCUT2D eigenvalue weighted by Crippen LogP contribution is -2.30. The van der Waals surface area contributed by atoms with Gasteiger partial charge in [0.25, 0.3) is 0 Å². The van der Waals surface area contributed by atoms with E-state index in [4.69, 9.17) is 14.9 Å². The molecule has 114 valence electrons. The van der Waals surface area contributed by atoms with E-state index in [-0.39, 0.29) is 18.9 Å². The molecule has 1 heterocycles. The number of hydrogen-bond acceptors (Lipinski definition) is 5. The molecule has 21 heavy (non-hydrogen) atoms. The number of ether oxygens (including phenoxy) is 1. The molecule has 0 saturated heterocycles. The summed E-state index contributed by atoms with van der Waals surface area (Å²) in [7, 11) is -1.85. The van der Waals surface area contributed by atoms with Crippen molar-refractivity contribution in [1.82, 2.24) is 4.31 Å². The van der Waals surface area contributed by atoms with Gasteiger partial charge < -0.3 is 14.9 Å². The third-order valence-corrected chi connectivity index (χ3v) is 4.69. The van der Waals surface area contributed by atoms with E-state index in [9.17, 15) is 8.42 Å². The fraction of sp³-hybridized carbons (Fsp3) is 0.286. The van der Waals surface area contributed by atoms with Gasteiger partial charge >= 0.3 is 0 Å². The maximum atomic E-state index is 12.1. The predicted molar refractivity (Wildman–Crippen MR) is 80.3 cm³/mol. The molecule has 0 aliphatic heterocycles. The van der Waals surface area contributed by atoms with E-state index in [2.05, 4.69) is 0 Å². The van der Waals surface area contributed by atoms with Crippen molar-refractivity contribution in [2.75, 3.05) is 25.1 Å². The number of anilines is 1. The van der Waals surface area contributed by atoms with Crippen LogP contribution in [0, 0.1) is 0 Å². The SMILES string of the molecule is CN(Cc1ccoc1)S(=O)(=O)CCOc1cccc(N)c1. The third-order valence-electron chi connectivity index (χ3n) is 2.93. The number of furan rings is 1. The Bertz CT molecular complexity index is 668.